The van der Waals surface area contributed by atoms with Gasteiger partial charge >= 0.3 is 5.92 Å². The average molecular weight is 568 g/mol. The number of hydrogen-bond donors (Lipinski definition) is 1. The topological polar surface area (TPSA) is 125 Å². The van der Waals surface area contributed by atoms with Crippen molar-refractivity contribution in [2.24, 2.45) is 5.92 Å². The minimum absolute atomic E-state index is 0.0718. The molecule has 1 amide bonds. The van der Waals surface area contributed by atoms with Crippen LogP contribution in [0.25, 0.3) is 0 Å². The largest absolute Gasteiger partial charge is 0.530 e. The first-order chi connectivity index (χ1) is 18.4. The maximum atomic E-state index is 16.1. The van der Waals surface area contributed by atoms with E-state index in [0.717, 1.165) is 0 Å². The molecule has 1 aliphatic heterocycles. The van der Waals surface area contributed by atoms with Crippen molar-refractivity contribution in [3.05, 3.63) is 60.2 Å². The van der Waals surface area contributed by atoms with Crippen LogP contribution in [-0.4, -0.2) is 69.6 Å². The molecule has 39 heavy (non-hydrogen) atoms. The second-order valence-electron chi connectivity index (χ2n) is 9.86. The molecule has 1 N–H and O–H groups in total. The van der Waals surface area contributed by atoms with Gasteiger partial charge in [0.15, 0.2) is 0 Å². The Morgan fingerprint density at radius 1 is 1.15 bits per heavy atom. The lowest BCUT2D eigenvalue weighted by atomic mass is 9.90. The molecule has 1 saturated heterocycles. The third-order valence-corrected chi connectivity index (χ3v) is 8.05. The maximum Gasteiger partial charge on any atom is 0.323 e. The molecule has 1 unspecified atom stereocenters. The number of nitrogens with one attached hydrogen (secondary N) is 1. The Balaban J connectivity index is 2.00. The van der Waals surface area contributed by atoms with Crippen molar-refractivity contribution >= 4 is 21.9 Å². The normalized spacial score (nSPS) is 17.5. The summed E-state index contributed by atoms with van der Waals surface area (Å²) < 4.78 is 70.6. The molecule has 0 saturated carbocycles. The highest BCUT2D eigenvalue weighted by molar-refractivity contribution is 7.89. The van der Waals surface area contributed by atoms with Crippen molar-refractivity contribution in [2.75, 3.05) is 20.3 Å². The van der Waals surface area contributed by atoms with E-state index in [2.05, 4.69) is 0 Å². The fourth-order valence-corrected chi connectivity index (χ4v) is 5.82. The molecule has 9 nitrogen and oxygen atoms in total. The number of alkyl halides is 2. The first kappa shape index (κ1) is 30.5. The molecule has 2 aromatic carbocycles. The molecule has 0 spiro atoms. The highest BCUT2D eigenvalue weighted by atomic mass is 32.2. The van der Waals surface area contributed by atoms with Gasteiger partial charge in [-0.15, -0.1) is 0 Å². The average Bonchev–Trinajstić information content (AvgIpc) is 3.42. The standard InChI is InChI=1S/C27H34F2N2O7S/c1-18(2)15-24(30-39(35,36)22-11-9-21(37-3)10-12-22)27(28,29)25(32)23(16-19-7-5-4-6-8-19)31(26(33)34)20-13-14-38-17-20/h4-12,18,20,23-24,30H,13-17H2,1-3H3,(H,33,34)/p-1/t20-,23+,24?/m0/s1. The lowest BCUT2D eigenvalue weighted by Crippen LogP contribution is -2.63. The lowest BCUT2D eigenvalue weighted by Gasteiger charge is -2.40. The van der Waals surface area contributed by atoms with Crippen LogP contribution in [0.15, 0.2) is 59.5 Å². The monoisotopic (exact) mass is 567 g/mol. The van der Waals surface area contributed by atoms with Crippen LogP contribution in [0.5, 0.6) is 5.75 Å². The number of sulfonamides is 1. The van der Waals surface area contributed by atoms with E-state index in [1.165, 1.54) is 31.4 Å². The van der Waals surface area contributed by atoms with Crippen molar-refractivity contribution in [3.8, 4) is 5.75 Å². The van der Waals surface area contributed by atoms with Gasteiger partial charge in [-0.2, -0.15) is 8.78 Å². The molecule has 1 aliphatic rings. The zero-order chi connectivity index (χ0) is 28.8. The molecule has 3 rings (SSSR count). The quantitative estimate of drug-likeness (QED) is 0.395. The summed E-state index contributed by atoms with van der Waals surface area (Å²) in [6, 6.07) is 8.46. The first-order valence-electron chi connectivity index (χ1n) is 12.6. The van der Waals surface area contributed by atoms with Gasteiger partial charge in [-0.05, 0) is 48.6 Å². The number of ether oxygens (including phenoxy) is 2. The van der Waals surface area contributed by atoms with Crippen molar-refractivity contribution in [1.29, 1.82) is 0 Å². The Kier molecular flexibility index (Phi) is 10.0. The van der Waals surface area contributed by atoms with Crippen molar-refractivity contribution in [1.82, 2.24) is 9.62 Å². The molecule has 214 valence electrons. The molecule has 1 fully saturated rings. The van der Waals surface area contributed by atoms with Gasteiger partial charge in [0.2, 0.25) is 15.8 Å². The second-order valence-corrected chi connectivity index (χ2v) is 11.6. The van der Waals surface area contributed by atoms with Gasteiger partial charge in [-0.25, -0.2) is 13.1 Å². The van der Waals surface area contributed by atoms with Crippen molar-refractivity contribution in [3.63, 3.8) is 0 Å². The number of amides is 1. The molecular weight excluding hydrogens is 534 g/mol. The summed E-state index contributed by atoms with van der Waals surface area (Å²) in [5, 5.41) is 12.2. The number of halogens is 2. The van der Waals surface area contributed by atoms with Crippen LogP contribution >= 0.6 is 0 Å². The molecule has 3 atom stereocenters. The van der Waals surface area contributed by atoms with Crippen LogP contribution in [0.2, 0.25) is 0 Å². The molecule has 2 aromatic rings. The highest BCUT2D eigenvalue weighted by Crippen LogP contribution is 2.32. The van der Waals surface area contributed by atoms with E-state index in [1.54, 1.807) is 44.2 Å². The van der Waals surface area contributed by atoms with Gasteiger partial charge in [-0.1, -0.05) is 44.2 Å². The van der Waals surface area contributed by atoms with Gasteiger partial charge in [0, 0.05) is 13.0 Å². The fraction of sp³-hybridized carbons (Fsp3) is 0.481. The van der Waals surface area contributed by atoms with Gasteiger partial charge in [0.1, 0.15) is 11.8 Å². The summed E-state index contributed by atoms with van der Waals surface area (Å²) >= 11 is 0. The molecule has 0 aliphatic carbocycles. The Bertz CT molecular complexity index is 1220. The summed E-state index contributed by atoms with van der Waals surface area (Å²) in [6.07, 6.45) is -2.31. The van der Waals surface area contributed by atoms with Crippen molar-refractivity contribution < 1.29 is 41.4 Å². The molecule has 1 heterocycles. The molecule has 12 heteroatoms. The third-order valence-electron chi connectivity index (χ3n) is 6.56. The van der Waals surface area contributed by atoms with Crippen LogP contribution in [0.4, 0.5) is 13.6 Å². The fourth-order valence-electron chi connectivity index (χ4n) is 4.57. The maximum absolute atomic E-state index is 16.1. The summed E-state index contributed by atoms with van der Waals surface area (Å²) in [6.45, 7) is 3.35. The number of ketones is 1. The SMILES string of the molecule is COc1ccc(S(=O)(=O)NC(CC(C)C)C(F)(F)C(=O)[C@@H](Cc2ccccc2)N(C(=O)[O-])[C@H]2CCOC2)cc1. The number of hydrogen-bond acceptors (Lipinski definition) is 7. The Morgan fingerprint density at radius 3 is 2.31 bits per heavy atom. The van der Waals surface area contributed by atoms with Gasteiger partial charge in [0.25, 0.3) is 0 Å². The minimum atomic E-state index is -4.48. The van der Waals surface area contributed by atoms with Gasteiger partial charge < -0.3 is 24.3 Å². The summed E-state index contributed by atoms with van der Waals surface area (Å²) in [5.41, 5.74) is 0.455. The van der Waals surface area contributed by atoms with Gasteiger partial charge in [0.05, 0.1) is 36.7 Å². The van der Waals surface area contributed by atoms with Crippen LogP contribution in [0.1, 0.15) is 32.3 Å². The minimum Gasteiger partial charge on any atom is -0.530 e. The van der Waals surface area contributed by atoms with Gasteiger partial charge in [-0.3, -0.25) is 4.79 Å². The summed E-state index contributed by atoms with van der Waals surface area (Å²) in [7, 11) is -3.09. The van der Waals surface area contributed by atoms with E-state index in [1.807, 2.05) is 4.72 Å². The Morgan fingerprint density at radius 2 is 1.79 bits per heavy atom. The molecule has 0 radical (unpaired) electrons. The van der Waals surface area contributed by atoms with E-state index < -0.39 is 51.9 Å². The molecule has 0 aromatic heterocycles. The summed E-state index contributed by atoms with van der Waals surface area (Å²) in [4.78, 5) is 26.2. The van der Waals surface area contributed by atoms with Crippen LogP contribution in [0.3, 0.4) is 0 Å². The number of rotatable bonds is 13. The van der Waals surface area contributed by atoms with E-state index in [4.69, 9.17) is 9.47 Å². The van der Waals surface area contributed by atoms with E-state index in [0.29, 0.717) is 16.2 Å². The number of methoxy groups -OCH3 is 1. The number of Topliss-reactive ketones (excluding diaryl/α,β-unsaturated/α-hetero) is 1. The number of nitrogens with zero attached hydrogens (tertiary/aromatic N) is 1. The first-order valence-corrected chi connectivity index (χ1v) is 14.0. The lowest BCUT2D eigenvalue weighted by molar-refractivity contribution is -0.270. The van der Waals surface area contributed by atoms with Crippen LogP contribution in [-0.2, 0) is 26.0 Å². The third kappa shape index (κ3) is 7.52. The number of carbonyl (C=O) groups excluding carboxylic acids is 2. The van der Waals surface area contributed by atoms with Crippen LogP contribution < -0.4 is 14.6 Å². The zero-order valence-corrected chi connectivity index (χ0v) is 22.8. The van der Waals surface area contributed by atoms with Crippen molar-refractivity contribution in [2.45, 2.75) is 62.1 Å². The Hall–Kier alpha value is -3.09. The number of carboxylic acid groups (broad SMARTS) is 1. The molecular formula is C27H33F2N2O7S-. The second kappa shape index (κ2) is 12.8. The zero-order valence-electron chi connectivity index (χ0n) is 22.0. The van der Waals surface area contributed by atoms with Crippen LogP contribution in [0, 0.1) is 5.92 Å². The smallest absolute Gasteiger partial charge is 0.323 e. The predicted molar refractivity (Wildman–Crippen MR) is 137 cm³/mol. The molecule has 0 bridgehead atoms. The predicted octanol–water partition coefficient (Wildman–Crippen LogP) is 2.64. The number of benzene rings is 2. The van der Waals surface area contributed by atoms with E-state index >= 15 is 8.78 Å². The number of carbonyl (C=O) groups is 2. The van der Waals surface area contributed by atoms with E-state index in [-0.39, 0.29) is 37.4 Å². The summed E-state index contributed by atoms with van der Waals surface area (Å²) in [5.74, 6) is -6.04. The highest BCUT2D eigenvalue weighted by Gasteiger charge is 2.53. The Labute approximate surface area is 227 Å². The van der Waals surface area contributed by atoms with E-state index in [9.17, 15) is 23.1 Å².